The fraction of sp³-hybridized carbons (Fsp3) is 1.00. The Kier molecular flexibility index (Phi) is 3.10. The van der Waals surface area contributed by atoms with Crippen molar-refractivity contribution < 1.29 is 9.13 Å². The maximum Gasteiger partial charge on any atom is 0.126 e. The highest BCUT2D eigenvalue weighted by atomic mass is 19.1. The number of hydrogen-bond acceptors (Lipinski definition) is 1. The van der Waals surface area contributed by atoms with Crippen molar-refractivity contribution in [3.8, 4) is 0 Å². The molecule has 2 heteroatoms. The molecule has 0 amide bonds. The summed E-state index contributed by atoms with van der Waals surface area (Å²) in [5, 5.41) is 0. The van der Waals surface area contributed by atoms with Gasteiger partial charge in [0, 0.05) is 0 Å². The van der Waals surface area contributed by atoms with Gasteiger partial charge in [0.15, 0.2) is 0 Å². The molecule has 0 saturated heterocycles. The van der Waals surface area contributed by atoms with Gasteiger partial charge < -0.3 is 4.74 Å². The lowest BCUT2D eigenvalue weighted by molar-refractivity contribution is -0.104. The molecule has 0 N–H and O–H groups in total. The molecule has 0 heterocycles. The minimum atomic E-state index is -0.738. The van der Waals surface area contributed by atoms with Crippen molar-refractivity contribution in [3.05, 3.63) is 0 Å². The van der Waals surface area contributed by atoms with Crippen LogP contribution in [0.1, 0.15) is 46.5 Å². The molecule has 1 saturated carbocycles. The summed E-state index contributed by atoms with van der Waals surface area (Å²) in [7, 11) is 0. The second kappa shape index (κ2) is 3.73. The number of alkyl halides is 1. The molecule has 1 rings (SSSR count). The van der Waals surface area contributed by atoms with Crippen molar-refractivity contribution >= 4 is 0 Å². The van der Waals surface area contributed by atoms with Gasteiger partial charge in [-0.25, -0.2) is 4.39 Å². The van der Waals surface area contributed by atoms with Gasteiger partial charge in [-0.15, -0.1) is 0 Å². The highest BCUT2D eigenvalue weighted by Gasteiger charge is 2.28. The van der Waals surface area contributed by atoms with Crippen molar-refractivity contribution in [2.45, 2.75) is 64.3 Å². The van der Waals surface area contributed by atoms with Crippen LogP contribution in [0.5, 0.6) is 0 Å². The van der Waals surface area contributed by atoms with Crippen LogP contribution in [-0.4, -0.2) is 17.9 Å². The molecule has 0 bridgehead atoms. The van der Waals surface area contributed by atoms with Gasteiger partial charge >= 0.3 is 0 Å². The highest BCUT2D eigenvalue weighted by Crippen LogP contribution is 2.27. The third-order valence-electron chi connectivity index (χ3n) is 2.13. The van der Waals surface area contributed by atoms with Gasteiger partial charge in [-0.3, -0.25) is 0 Å². The molecule has 0 spiro atoms. The summed E-state index contributed by atoms with van der Waals surface area (Å²) >= 11 is 0. The summed E-state index contributed by atoms with van der Waals surface area (Å²) in [6, 6.07) is 0. The maximum atomic E-state index is 13.3. The summed E-state index contributed by atoms with van der Waals surface area (Å²) in [4.78, 5) is 0. The van der Waals surface area contributed by atoms with Crippen molar-refractivity contribution in [3.63, 3.8) is 0 Å². The topological polar surface area (TPSA) is 9.23 Å². The van der Waals surface area contributed by atoms with Crippen LogP contribution in [0, 0.1) is 0 Å². The van der Waals surface area contributed by atoms with Crippen LogP contribution in [0.15, 0.2) is 0 Å². The first-order valence-corrected chi connectivity index (χ1v) is 4.81. The van der Waals surface area contributed by atoms with Crippen molar-refractivity contribution in [2.24, 2.45) is 0 Å². The van der Waals surface area contributed by atoms with Gasteiger partial charge in [0.1, 0.15) is 6.17 Å². The van der Waals surface area contributed by atoms with Gasteiger partial charge in [-0.2, -0.15) is 0 Å². The lowest BCUT2D eigenvalue weighted by Crippen LogP contribution is -2.36. The van der Waals surface area contributed by atoms with Gasteiger partial charge in [-0.1, -0.05) is 12.8 Å². The van der Waals surface area contributed by atoms with Crippen molar-refractivity contribution in [1.82, 2.24) is 0 Å². The Balaban J connectivity index is 2.39. The molecule has 0 aromatic rings. The SMILES string of the molecule is CC(C)(C)OC1CCCCC1F. The van der Waals surface area contributed by atoms with Crippen LogP contribution in [0.2, 0.25) is 0 Å². The molecule has 2 unspecified atom stereocenters. The Morgan fingerprint density at radius 2 is 1.75 bits per heavy atom. The second-order valence-electron chi connectivity index (χ2n) is 4.57. The van der Waals surface area contributed by atoms with Crippen LogP contribution in [0.25, 0.3) is 0 Å². The first kappa shape index (κ1) is 9.97. The van der Waals surface area contributed by atoms with E-state index >= 15 is 0 Å². The average molecular weight is 174 g/mol. The molecule has 1 nitrogen and oxygen atoms in total. The van der Waals surface area contributed by atoms with Gasteiger partial charge in [-0.05, 0) is 33.6 Å². The molecule has 1 aliphatic rings. The van der Waals surface area contributed by atoms with Crippen LogP contribution in [0.3, 0.4) is 0 Å². The summed E-state index contributed by atoms with van der Waals surface area (Å²) in [6.45, 7) is 5.94. The maximum absolute atomic E-state index is 13.3. The smallest absolute Gasteiger partial charge is 0.126 e. The monoisotopic (exact) mass is 174 g/mol. The lowest BCUT2D eigenvalue weighted by atomic mass is 9.95. The summed E-state index contributed by atoms with van der Waals surface area (Å²) < 4.78 is 18.9. The molecule has 12 heavy (non-hydrogen) atoms. The van der Waals surface area contributed by atoms with Gasteiger partial charge in [0.05, 0.1) is 11.7 Å². The molecular formula is C10H19FO. The van der Waals surface area contributed by atoms with Crippen LogP contribution >= 0.6 is 0 Å². The fourth-order valence-corrected chi connectivity index (χ4v) is 1.64. The summed E-state index contributed by atoms with van der Waals surface area (Å²) in [6.07, 6.45) is 2.81. The van der Waals surface area contributed by atoms with E-state index in [1.807, 2.05) is 20.8 Å². The molecule has 0 aromatic carbocycles. The Labute approximate surface area is 74.3 Å². The van der Waals surface area contributed by atoms with E-state index in [2.05, 4.69) is 0 Å². The third-order valence-corrected chi connectivity index (χ3v) is 2.13. The normalized spacial score (nSPS) is 32.0. The molecule has 1 fully saturated rings. The molecular weight excluding hydrogens is 155 g/mol. The quantitative estimate of drug-likeness (QED) is 0.593. The van der Waals surface area contributed by atoms with Crippen molar-refractivity contribution in [2.75, 3.05) is 0 Å². The molecule has 0 aromatic heterocycles. The lowest BCUT2D eigenvalue weighted by Gasteiger charge is -2.32. The Hall–Kier alpha value is -0.110. The van der Waals surface area contributed by atoms with E-state index in [-0.39, 0.29) is 11.7 Å². The Bertz CT molecular complexity index is 139. The van der Waals surface area contributed by atoms with Crippen molar-refractivity contribution in [1.29, 1.82) is 0 Å². The van der Waals surface area contributed by atoms with E-state index < -0.39 is 6.17 Å². The Morgan fingerprint density at radius 3 is 2.25 bits per heavy atom. The zero-order chi connectivity index (χ0) is 9.19. The highest BCUT2D eigenvalue weighted by molar-refractivity contribution is 4.77. The second-order valence-corrected chi connectivity index (χ2v) is 4.57. The zero-order valence-electron chi connectivity index (χ0n) is 8.27. The van der Waals surface area contributed by atoms with E-state index in [0.29, 0.717) is 6.42 Å². The van der Waals surface area contributed by atoms with E-state index in [9.17, 15) is 4.39 Å². The number of halogens is 1. The van der Waals surface area contributed by atoms with E-state index in [4.69, 9.17) is 4.74 Å². The van der Waals surface area contributed by atoms with Gasteiger partial charge in [0.25, 0.3) is 0 Å². The van der Waals surface area contributed by atoms with Crippen LogP contribution in [-0.2, 0) is 4.74 Å². The summed E-state index contributed by atoms with van der Waals surface area (Å²) in [5.41, 5.74) is -0.202. The molecule has 2 atom stereocenters. The number of ether oxygens (including phenoxy) is 1. The molecule has 0 aliphatic heterocycles. The van der Waals surface area contributed by atoms with E-state index in [1.165, 1.54) is 0 Å². The fourth-order valence-electron chi connectivity index (χ4n) is 1.64. The standard InChI is InChI=1S/C10H19FO/c1-10(2,3)12-9-7-5-4-6-8(9)11/h8-9H,4-7H2,1-3H3. The van der Waals surface area contributed by atoms with Crippen LogP contribution in [0.4, 0.5) is 4.39 Å². The largest absolute Gasteiger partial charge is 0.370 e. The predicted molar refractivity (Wildman–Crippen MR) is 48.0 cm³/mol. The third kappa shape index (κ3) is 3.10. The summed E-state index contributed by atoms with van der Waals surface area (Å²) in [5.74, 6) is 0. The first-order chi connectivity index (χ1) is 5.49. The number of rotatable bonds is 1. The van der Waals surface area contributed by atoms with Gasteiger partial charge in [0.2, 0.25) is 0 Å². The van der Waals surface area contributed by atoms with Crippen LogP contribution < -0.4 is 0 Å². The number of hydrogen-bond donors (Lipinski definition) is 0. The Morgan fingerprint density at radius 1 is 1.17 bits per heavy atom. The first-order valence-electron chi connectivity index (χ1n) is 4.81. The van der Waals surface area contributed by atoms with E-state index in [1.54, 1.807) is 0 Å². The molecule has 72 valence electrons. The average Bonchev–Trinajstić information content (AvgIpc) is 1.91. The minimum absolute atomic E-state index is 0.154. The minimum Gasteiger partial charge on any atom is -0.370 e. The zero-order valence-corrected chi connectivity index (χ0v) is 8.27. The molecule has 1 aliphatic carbocycles. The van der Waals surface area contributed by atoms with E-state index in [0.717, 1.165) is 19.3 Å². The predicted octanol–water partition coefficient (Wildman–Crippen LogP) is 3.08. The molecule has 0 radical (unpaired) electrons.